The number of benzene rings is 1. The van der Waals surface area contributed by atoms with Crippen LogP contribution in [0.15, 0.2) is 18.2 Å². The lowest BCUT2D eigenvalue weighted by atomic mass is 10.2. The van der Waals surface area contributed by atoms with E-state index in [1.165, 1.54) is 19.2 Å². The zero-order chi connectivity index (χ0) is 20.1. The quantitative estimate of drug-likeness (QED) is 0.309. The van der Waals surface area contributed by atoms with Crippen molar-refractivity contribution in [1.82, 2.24) is 9.80 Å². The van der Waals surface area contributed by atoms with E-state index in [4.69, 9.17) is 4.74 Å². The second-order valence-corrected chi connectivity index (χ2v) is 5.67. The van der Waals surface area contributed by atoms with Crippen molar-refractivity contribution in [2.24, 2.45) is 0 Å². The summed E-state index contributed by atoms with van der Waals surface area (Å²) in [7, 11) is 1.27. The minimum absolute atomic E-state index is 0.0391. The lowest BCUT2D eigenvalue weighted by Crippen LogP contribution is -2.39. The van der Waals surface area contributed by atoms with Crippen molar-refractivity contribution in [2.75, 3.05) is 25.5 Å². The van der Waals surface area contributed by atoms with Crippen LogP contribution in [0.3, 0.4) is 0 Å². The first-order chi connectivity index (χ1) is 12.8. The van der Waals surface area contributed by atoms with Crippen LogP contribution in [0.1, 0.15) is 19.8 Å². The Bertz CT molecular complexity index is 808. The monoisotopic (exact) mass is 378 g/mol. The number of non-ortho nitro benzene ring substituents is 1. The molecular formula is C16H18N4O7. The van der Waals surface area contributed by atoms with Crippen LogP contribution in [0.5, 0.6) is 5.75 Å². The maximum absolute atomic E-state index is 12.2. The molecule has 0 atom stereocenters. The van der Waals surface area contributed by atoms with E-state index in [0.717, 1.165) is 17.4 Å². The molecule has 1 aliphatic heterocycles. The highest BCUT2D eigenvalue weighted by Gasteiger charge is 2.44. The van der Waals surface area contributed by atoms with Crippen molar-refractivity contribution in [3.63, 3.8) is 0 Å². The number of methoxy groups -OCH3 is 1. The Morgan fingerprint density at radius 3 is 2.48 bits per heavy atom. The molecule has 1 heterocycles. The van der Waals surface area contributed by atoms with Crippen LogP contribution in [0, 0.1) is 10.1 Å². The third kappa shape index (κ3) is 4.19. The zero-order valence-corrected chi connectivity index (χ0v) is 14.8. The summed E-state index contributed by atoms with van der Waals surface area (Å²) in [6.45, 7) is 1.32. The SMILES string of the molecule is CCCCN1C(=O)C(=O)N(CC(=O)Nc2ccc([N+](=O)[O-])cc2OC)C1=O. The van der Waals surface area contributed by atoms with Gasteiger partial charge in [0.05, 0.1) is 23.8 Å². The highest BCUT2D eigenvalue weighted by Crippen LogP contribution is 2.29. The Hall–Kier alpha value is -3.50. The first kappa shape index (κ1) is 19.8. The third-order valence-electron chi connectivity index (χ3n) is 3.84. The molecule has 144 valence electrons. The van der Waals surface area contributed by atoms with Crippen molar-refractivity contribution in [1.29, 1.82) is 0 Å². The minimum atomic E-state index is -1.07. The van der Waals surface area contributed by atoms with E-state index in [2.05, 4.69) is 5.32 Å². The van der Waals surface area contributed by atoms with E-state index in [9.17, 15) is 29.3 Å². The topological polar surface area (TPSA) is 139 Å². The molecule has 0 bridgehead atoms. The number of carbonyl (C=O) groups is 4. The van der Waals surface area contributed by atoms with Gasteiger partial charge in [-0.05, 0) is 12.5 Å². The van der Waals surface area contributed by atoms with Crippen molar-refractivity contribution in [3.8, 4) is 5.75 Å². The van der Waals surface area contributed by atoms with E-state index >= 15 is 0 Å². The summed E-state index contributed by atoms with van der Waals surface area (Å²) in [6, 6.07) is 2.71. The summed E-state index contributed by atoms with van der Waals surface area (Å²) < 4.78 is 5.00. The molecule has 2 rings (SSSR count). The van der Waals surface area contributed by atoms with Crippen LogP contribution < -0.4 is 10.1 Å². The fraction of sp³-hybridized carbons (Fsp3) is 0.375. The van der Waals surface area contributed by atoms with Gasteiger partial charge in [0.2, 0.25) is 5.91 Å². The van der Waals surface area contributed by atoms with Crippen LogP contribution in [0.4, 0.5) is 16.2 Å². The zero-order valence-electron chi connectivity index (χ0n) is 14.8. The molecule has 1 aromatic rings. The molecule has 27 heavy (non-hydrogen) atoms. The fourth-order valence-corrected chi connectivity index (χ4v) is 2.43. The van der Waals surface area contributed by atoms with Gasteiger partial charge in [-0.1, -0.05) is 13.3 Å². The van der Waals surface area contributed by atoms with Gasteiger partial charge in [-0.3, -0.25) is 29.4 Å². The van der Waals surface area contributed by atoms with Gasteiger partial charge < -0.3 is 10.1 Å². The van der Waals surface area contributed by atoms with E-state index < -0.39 is 35.2 Å². The number of hydrogen-bond donors (Lipinski definition) is 1. The summed E-state index contributed by atoms with van der Waals surface area (Å²) in [5.41, 5.74) is -0.103. The predicted molar refractivity (Wildman–Crippen MR) is 92.0 cm³/mol. The average molecular weight is 378 g/mol. The molecule has 0 radical (unpaired) electrons. The van der Waals surface area contributed by atoms with E-state index in [-0.39, 0.29) is 23.7 Å². The van der Waals surface area contributed by atoms with Gasteiger partial charge in [0.1, 0.15) is 12.3 Å². The molecule has 0 unspecified atom stereocenters. The number of nitro groups is 1. The van der Waals surface area contributed by atoms with Crippen LogP contribution in [-0.2, 0) is 14.4 Å². The number of anilines is 1. The Balaban J connectivity index is 2.09. The lowest BCUT2D eigenvalue weighted by molar-refractivity contribution is -0.384. The smallest absolute Gasteiger partial charge is 0.334 e. The van der Waals surface area contributed by atoms with Crippen LogP contribution in [0.2, 0.25) is 0 Å². The molecule has 11 nitrogen and oxygen atoms in total. The number of imide groups is 2. The standard InChI is InChI=1S/C16H18N4O7/c1-3-4-7-18-14(22)15(23)19(16(18)24)9-13(21)17-11-6-5-10(20(25)26)8-12(11)27-2/h5-6,8H,3-4,7,9H2,1-2H3,(H,17,21). The number of rotatable bonds is 8. The molecule has 1 fully saturated rings. The van der Waals surface area contributed by atoms with Crippen LogP contribution in [0.25, 0.3) is 0 Å². The molecule has 0 aliphatic carbocycles. The summed E-state index contributed by atoms with van der Waals surface area (Å²) in [4.78, 5) is 59.8. The number of hydrogen-bond acceptors (Lipinski definition) is 7. The first-order valence-corrected chi connectivity index (χ1v) is 8.09. The number of unbranched alkanes of at least 4 members (excludes halogenated alkanes) is 1. The van der Waals surface area contributed by atoms with Gasteiger partial charge in [-0.15, -0.1) is 0 Å². The van der Waals surface area contributed by atoms with E-state index in [1.54, 1.807) is 0 Å². The number of nitrogens with zero attached hydrogens (tertiary/aromatic N) is 3. The number of ether oxygens (including phenoxy) is 1. The molecule has 5 amide bonds. The van der Waals surface area contributed by atoms with Gasteiger partial charge in [-0.25, -0.2) is 9.69 Å². The van der Waals surface area contributed by atoms with Crippen LogP contribution in [-0.4, -0.2) is 58.7 Å². The van der Waals surface area contributed by atoms with E-state index in [1.807, 2.05) is 6.92 Å². The average Bonchev–Trinajstić information content (AvgIpc) is 2.83. The lowest BCUT2D eigenvalue weighted by Gasteiger charge is -2.15. The maximum atomic E-state index is 12.2. The predicted octanol–water partition coefficient (Wildman–Crippen LogP) is 1.13. The van der Waals surface area contributed by atoms with Crippen molar-refractivity contribution < 1.29 is 28.8 Å². The van der Waals surface area contributed by atoms with Gasteiger partial charge >= 0.3 is 17.8 Å². The van der Waals surface area contributed by atoms with Gasteiger partial charge in [-0.2, -0.15) is 0 Å². The normalized spacial score (nSPS) is 13.9. The molecule has 1 aromatic carbocycles. The Morgan fingerprint density at radius 1 is 1.22 bits per heavy atom. The van der Waals surface area contributed by atoms with Gasteiger partial charge in [0, 0.05) is 12.6 Å². The molecular weight excluding hydrogens is 360 g/mol. The Kier molecular flexibility index (Phi) is 6.06. The fourth-order valence-electron chi connectivity index (χ4n) is 2.43. The summed E-state index contributed by atoms with van der Waals surface area (Å²) in [5.74, 6) is -2.75. The number of nitrogens with one attached hydrogen (secondary N) is 1. The minimum Gasteiger partial charge on any atom is -0.494 e. The van der Waals surface area contributed by atoms with E-state index in [0.29, 0.717) is 11.3 Å². The summed E-state index contributed by atoms with van der Waals surface area (Å²) in [5, 5.41) is 13.2. The second kappa shape index (κ2) is 8.25. The largest absolute Gasteiger partial charge is 0.494 e. The van der Waals surface area contributed by atoms with Crippen LogP contribution >= 0.6 is 0 Å². The van der Waals surface area contributed by atoms with Crippen molar-refractivity contribution >= 4 is 35.1 Å². The molecule has 0 aromatic heterocycles. The Morgan fingerprint density at radius 2 is 1.89 bits per heavy atom. The molecule has 1 aliphatic rings. The summed E-state index contributed by atoms with van der Waals surface area (Å²) >= 11 is 0. The first-order valence-electron chi connectivity index (χ1n) is 8.09. The van der Waals surface area contributed by atoms with Crippen molar-refractivity contribution in [2.45, 2.75) is 19.8 Å². The number of nitro benzene ring substituents is 1. The maximum Gasteiger partial charge on any atom is 0.334 e. The molecule has 11 heteroatoms. The Labute approximate surface area is 154 Å². The molecule has 0 spiro atoms. The van der Waals surface area contributed by atoms with Gasteiger partial charge in [0.15, 0.2) is 0 Å². The molecule has 1 saturated heterocycles. The number of carbonyl (C=O) groups excluding carboxylic acids is 4. The third-order valence-corrected chi connectivity index (χ3v) is 3.84. The highest BCUT2D eigenvalue weighted by molar-refractivity contribution is 6.45. The number of urea groups is 1. The molecule has 1 N–H and O–H groups in total. The van der Waals surface area contributed by atoms with Crippen molar-refractivity contribution in [3.05, 3.63) is 28.3 Å². The molecule has 0 saturated carbocycles. The number of amides is 5. The second-order valence-electron chi connectivity index (χ2n) is 5.67. The summed E-state index contributed by atoms with van der Waals surface area (Å²) in [6.07, 6.45) is 1.27. The van der Waals surface area contributed by atoms with Gasteiger partial charge in [0.25, 0.3) is 5.69 Å². The highest BCUT2D eigenvalue weighted by atomic mass is 16.6.